The van der Waals surface area contributed by atoms with Gasteiger partial charge < -0.3 is 14.2 Å². The topological polar surface area (TPSA) is 45.0 Å². The van der Waals surface area contributed by atoms with Gasteiger partial charge in [-0.1, -0.05) is 6.07 Å². The van der Waals surface area contributed by atoms with Crippen LogP contribution in [0.25, 0.3) is 16.9 Å². The number of hydrogen-bond donors (Lipinski definition) is 0. The van der Waals surface area contributed by atoms with Crippen molar-refractivity contribution >= 4 is 5.65 Å². The summed E-state index contributed by atoms with van der Waals surface area (Å²) >= 11 is 0. The number of pyridine rings is 1. The lowest BCUT2D eigenvalue weighted by atomic mass is 10.1. The zero-order valence-electron chi connectivity index (χ0n) is 16.2. The summed E-state index contributed by atoms with van der Waals surface area (Å²) in [7, 11) is 0. The molecule has 4 aromatic rings. The van der Waals surface area contributed by atoms with Crippen LogP contribution in [0.2, 0.25) is 0 Å². The molecule has 0 spiro atoms. The summed E-state index contributed by atoms with van der Waals surface area (Å²) in [6.45, 7) is 2.71. The zero-order valence-corrected chi connectivity index (χ0v) is 16.2. The molecule has 0 amide bonds. The Morgan fingerprint density at radius 2 is 1.77 bits per heavy atom. The van der Waals surface area contributed by atoms with Gasteiger partial charge >= 0.3 is 0 Å². The molecule has 0 fully saturated rings. The molecule has 0 atom stereocenters. The number of ether oxygens (including phenoxy) is 3. The predicted octanol–water partition coefficient (Wildman–Crippen LogP) is 4.94. The third kappa shape index (κ3) is 3.12. The molecule has 152 valence electrons. The number of nitrogens with zero attached hydrogens (tertiary/aromatic N) is 2. The molecule has 0 radical (unpaired) electrons. The van der Waals surface area contributed by atoms with Gasteiger partial charge in [0, 0.05) is 11.8 Å². The molecule has 1 aliphatic rings. The van der Waals surface area contributed by atoms with Crippen LogP contribution in [-0.4, -0.2) is 22.6 Å². The highest BCUT2D eigenvalue weighted by molar-refractivity contribution is 5.72. The molecule has 0 N–H and O–H groups in total. The molecule has 2 aromatic heterocycles. The van der Waals surface area contributed by atoms with Crippen LogP contribution in [0.4, 0.5) is 8.78 Å². The van der Waals surface area contributed by atoms with Gasteiger partial charge in [-0.05, 0) is 49.4 Å². The Kier molecular flexibility index (Phi) is 4.50. The van der Waals surface area contributed by atoms with Crippen molar-refractivity contribution in [3.63, 3.8) is 0 Å². The van der Waals surface area contributed by atoms with E-state index in [-0.39, 0.29) is 12.2 Å². The predicted molar refractivity (Wildman–Crippen MR) is 107 cm³/mol. The molecule has 7 heteroatoms. The third-order valence-corrected chi connectivity index (χ3v) is 5.04. The Hall–Kier alpha value is -3.61. The summed E-state index contributed by atoms with van der Waals surface area (Å²) in [5.41, 5.74) is 3.04. The van der Waals surface area contributed by atoms with E-state index < -0.39 is 11.6 Å². The fourth-order valence-corrected chi connectivity index (χ4v) is 3.63. The average molecular weight is 408 g/mol. The van der Waals surface area contributed by atoms with E-state index in [4.69, 9.17) is 14.2 Å². The second kappa shape index (κ2) is 7.33. The normalized spacial score (nSPS) is 12.9. The Labute approximate surface area is 171 Å². The molecular weight excluding hydrogens is 390 g/mol. The molecule has 0 aliphatic carbocycles. The number of benzene rings is 2. The minimum absolute atomic E-state index is 0.116. The van der Waals surface area contributed by atoms with E-state index in [1.807, 2.05) is 41.8 Å². The van der Waals surface area contributed by atoms with Crippen LogP contribution < -0.4 is 14.2 Å². The largest absolute Gasteiger partial charge is 0.486 e. The Morgan fingerprint density at radius 1 is 1.00 bits per heavy atom. The molecule has 0 bridgehead atoms. The number of imidazole rings is 1. The number of aromatic nitrogens is 2. The Bertz CT molecular complexity index is 1230. The minimum Gasteiger partial charge on any atom is -0.486 e. The second-order valence-corrected chi connectivity index (χ2v) is 6.96. The van der Waals surface area contributed by atoms with Crippen molar-refractivity contribution in [3.05, 3.63) is 77.6 Å². The van der Waals surface area contributed by atoms with Crippen LogP contribution in [0.15, 0.2) is 54.7 Å². The third-order valence-electron chi connectivity index (χ3n) is 5.04. The molecule has 30 heavy (non-hydrogen) atoms. The number of aryl methyl sites for hydroxylation is 1. The highest BCUT2D eigenvalue weighted by Gasteiger charge is 2.18. The fourth-order valence-electron chi connectivity index (χ4n) is 3.63. The maximum absolute atomic E-state index is 13.9. The maximum Gasteiger partial charge on any atom is 0.180 e. The lowest BCUT2D eigenvalue weighted by Crippen LogP contribution is -2.15. The van der Waals surface area contributed by atoms with Crippen molar-refractivity contribution < 1.29 is 23.0 Å². The summed E-state index contributed by atoms with van der Waals surface area (Å²) in [4.78, 5) is 4.64. The smallest absolute Gasteiger partial charge is 0.180 e. The molecule has 0 saturated heterocycles. The van der Waals surface area contributed by atoms with E-state index in [1.54, 1.807) is 6.07 Å². The highest BCUT2D eigenvalue weighted by Crippen LogP contribution is 2.36. The van der Waals surface area contributed by atoms with E-state index in [2.05, 4.69) is 4.98 Å². The van der Waals surface area contributed by atoms with Gasteiger partial charge in [-0.3, -0.25) is 4.40 Å². The lowest BCUT2D eigenvalue weighted by molar-refractivity contribution is 0.171. The van der Waals surface area contributed by atoms with Crippen molar-refractivity contribution in [2.75, 3.05) is 13.2 Å². The van der Waals surface area contributed by atoms with Crippen LogP contribution >= 0.6 is 0 Å². The zero-order chi connectivity index (χ0) is 20.7. The molecule has 0 unspecified atom stereocenters. The van der Waals surface area contributed by atoms with Gasteiger partial charge in [-0.2, -0.15) is 0 Å². The molecule has 1 aliphatic heterocycles. The first kappa shape index (κ1) is 18.4. The molecule has 0 saturated carbocycles. The molecular formula is C23H18F2N2O3. The van der Waals surface area contributed by atoms with Crippen LogP contribution in [0.1, 0.15) is 11.3 Å². The summed E-state index contributed by atoms with van der Waals surface area (Å²) in [5.74, 6) is 0.562. The van der Waals surface area contributed by atoms with Crippen molar-refractivity contribution in [2.45, 2.75) is 13.5 Å². The second-order valence-electron chi connectivity index (χ2n) is 6.96. The number of rotatable bonds is 4. The van der Waals surface area contributed by atoms with Gasteiger partial charge in [-0.15, -0.1) is 0 Å². The monoisotopic (exact) mass is 408 g/mol. The van der Waals surface area contributed by atoms with Gasteiger partial charge in [0.1, 0.15) is 31.5 Å². The standard InChI is InChI=1S/C23H18F2N2O3/c1-14-22(15-7-8-19-21(12-15)29-11-10-28-19)27-9-3-6-20(23(27)26-14)30-13-16-17(24)4-2-5-18(16)25/h2-9,12H,10-11,13H2,1H3. The number of hydrogen-bond acceptors (Lipinski definition) is 4. The van der Waals surface area contributed by atoms with E-state index in [9.17, 15) is 8.78 Å². The maximum atomic E-state index is 13.9. The van der Waals surface area contributed by atoms with Gasteiger partial charge in [0.15, 0.2) is 22.9 Å². The minimum atomic E-state index is -0.640. The van der Waals surface area contributed by atoms with Crippen LogP contribution in [0.5, 0.6) is 17.2 Å². The summed E-state index contributed by atoms with van der Waals surface area (Å²) in [6.07, 6.45) is 1.87. The summed E-state index contributed by atoms with van der Waals surface area (Å²) in [5, 5.41) is 0. The lowest BCUT2D eigenvalue weighted by Gasteiger charge is -2.19. The van der Waals surface area contributed by atoms with Gasteiger partial charge in [-0.25, -0.2) is 13.8 Å². The first-order chi connectivity index (χ1) is 14.6. The highest BCUT2D eigenvalue weighted by atomic mass is 19.1. The molecule has 2 aromatic carbocycles. The van der Waals surface area contributed by atoms with Crippen LogP contribution in [0, 0.1) is 18.6 Å². The first-order valence-corrected chi connectivity index (χ1v) is 9.55. The van der Waals surface area contributed by atoms with Crippen LogP contribution in [0.3, 0.4) is 0 Å². The summed E-state index contributed by atoms with van der Waals surface area (Å²) < 4.78 is 46.8. The van der Waals surface area contributed by atoms with Crippen molar-refractivity contribution in [3.8, 4) is 28.5 Å². The van der Waals surface area contributed by atoms with E-state index in [0.29, 0.717) is 36.1 Å². The van der Waals surface area contributed by atoms with Gasteiger partial charge in [0.2, 0.25) is 0 Å². The molecule has 3 heterocycles. The average Bonchev–Trinajstić information content (AvgIpc) is 3.09. The Morgan fingerprint density at radius 3 is 2.57 bits per heavy atom. The number of halogens is 2. The van der Waals surface area contributed by atoms with E-state index >= 15 is 0 Å². The van der Waals surface area contributed by atoms with Crippen molar-refractivity contribution in [1.29, 1.82) is 0 Å². The van der Waals surface area contributed by atoms with E-state index in [1.165, 1.54) is 18.2 Å². The fraction of sp³-hybridized carbons (Fsp3) is 0.174. The first-order valence-electron chi connectivity index (χ1n) is 9.55. The molecule has 5 nitrogen and oxygen atoms in total. The van der Waals surface area contributed by atoms with Gasteiger partial charge in [0.05, 0.1) is 17.0 Å². The molecule has 5 rings (SSSR count). The summed E-state index contributed by atoms with van der Waals surface area (Å²) in [6, 6.07) is 13.0. The number of fused-ring (bicyclic) bond motifs is 2. The quantitative estimate of drug-likeness (QED) is 0.480. The van der Waals surface area contributed by atoms with Gasteiger partial charge in [0.25, 0.3) is 0 Å². The Balaban J connectivity index is 1.53. The van der Waals surface area contributed by atoms with Crippen molar-refractivity contribution in [2.24, 2.45) is 0 Å². The van der Waals surface area contributed by atoms with E-state index in [0.717, 1.165) is 17.0 Å². The van der Waals surface area contributed by atoms with Crippen LogP contribution in [-0.2, 0) is 6.61 Å². The SMILES string of the molecule is Cc1nc2c(OCc3c(F)cccc3F)cccn2c1-c1ccc2c(c1)OCCO2. The van der Waals surface area contributed by atoms with Crippen molar-refractivity contribution in [1.82, 2.24) is 9.38 Å².